The molecule has 3 aromatic rings. The highest BCUT2D eigenvalue weighted by Crippen LogP contribution is 2.32. The fourth-order valence-electron chi connectivity index (χ4n) is 4.56. The SMILES string of the molecule is Cc1ccc(Oc2nc(N3CCCC3)nc3c2CN(C(=O)Nc2ccc(C(C)C)cc2)CC3)cc1. The number of urea groups is 1. The number of amides is 2. The maximum atomic E-state index is 13.1. The van der Waals surface area contributed by atoms with Gasteiger partial charge in [-0.05, 0) is 55.5 Å². The zero-order valence-corrected chi connectivity index (χ0v) is 20.8. The number of rotatable bonds is 5. The average Bonchev–Trinajstić information content (AvgIpc) is 3.40. The van der Waals surface area contributed by atoms with Crippen LogP contribution >= 0.6 is 0 Å². The molecule has 0 spiro atoms. The van der Waals surface area contributed by atoms with Gasteiger partial charge in [-0.15, -0.1) is 0 Å². The van der Waals surface area contributed by atoms with Crippen molar-refractivity contribution in [2.24, 2.45) is 0 Å². The normalized spacial score (nSPS) is 15.3. The molecule has 5 rings (SSSR count). The number of benzene rings is 2. The second-order valence-electron chi connectivity index (χ2n) is 9.74. The monoisotopic (exact) mass is 471 g/mol. The number of carbonyl (C=O) groups is 1. The second-order valence-corrected chi connectivity index (χ2v) is 9.74. The van der Waals surface area contributed by atoms with Crippen LogP contribution in [0.4, 0.5) is 16.4 Å². The van der Waals surface area contributed by atoms with Crippen LogP contribution < -0.4 is 15.0 Å². The van der Waals surface area contributed by atoms with Gasteiger partial charge in [0.15, 0.2) is 0 Å². The molecule has 7 nitrogen and oxygen atoms in total. The largest absolute Gasteiger partial charge is 0.438 e. The highest BCUT2D eigenvalue weighted by Gasteiger charge is 2.28. The molecule has 1 aromatic heterocycles. The van der Waals surface area contributed by atoms with Crippen LogP contribution in [0, 0.1) is 6.92 Å². The molecule has 2 amide bonds. The molecule has 35 heavy (non-hydrogen) atoms. The van der Waals surface area contributed by atoms with Crippen molar-refractivity contribution in [3.63, 3.8) is 0 Å². The average molecular weight is 472 g/mol. The molecule has 3 heterocycles. The first-order chi connectivity index (χ1) is 17.0. The summed E-state index contributed by atoms with van der Waals surface area (Å²) in [6.07, 6.45) is 2.98. The van der Waals surface area contributed by atoms with Crippen LogP contribution in [-0.2, 0) is 13.0 Å². The van der Waals surface area contributed by atoms with Crippen LogP contribution in [0.5, 0.6) is 11.6 Å². The standard InChI is InChI=1S/C28H33N5O2/c1-19(2)21-8-10-22(11-9-21)29-28(34)33-17-14-25-24(18-33)26(35-23-12-6-20(3)7-13-23)31-27(30-25)32-15-4-5-16-32/h6-13,19H,4-5,14-18H2,1-3H3,(H,29,34). The van der Waals surface area contributed by atoms with Gasteiger partial charge in [0, 0.05) is 31.7 Å². The van der Waals surface area contributed by atoms with E-state index in [1.165, 1.54) is 11.1 Å². The third kappa shape index (κ3) is 5.24. The highest BCUT2D eigenvalue weighted by molar-refractivity contribution is 5.89. The Bertz CT molecular complexity index is 1190. The molecule has 0 saturated carbocycles. The maximum Gasteiger partial charge on any atom is 0.322 e. The van der Waals surface area contributed by atoms with E-state index in [1.54, 1.807) is 4.90 Å². The number of anilines is 2. The molecule has 0 radical (unpaired) electrons. The lowest BCUT2D eigenvalue weighted by Crippen LogP contribution is -2.39. The van der Waals surface area contributed by atoms with Crippen molar-refractivity contribution in [3.05, 3.63) is 70.9 Å². The van der Waals surface area contributed by atoms with Crippen LogP contribution in [0.15, 0.2) is 48.5 Å². The number of hydrogen-bond acceptors (Lipinski definition) is 5. The molecule has 0 unspecified atom stereocenters. The first-order valence-corrected chi connectivity index (χ1v) is 12.5. The first-order valence-electron chi connectivity index (χ1n) is 12.5. The van der Waals surface area contributed by atoms with E-state index in [4.69, 9.17) is 14.7 Å². The van der Waals surface area contributed by atoms with Gasteiger partial charge in [-0.3, -0.25) is 0 Å². The van der Waals surface area contributed by atoms with Gasteiger partial charge >= 0.3 is 6.03 Å². The molecule has 2 aromatic carbocycles. The molecule has 0 bridgehead atoms. The van der Waals surface area contributed by atoms with Crippen molar-refractivity contribution >= 4 is 17.7 Å². The number of aryl methyl sites for hydroxylation is 1. The molecule has 1 N–H and O–H groups in total. The maximum absolute atomic E-state index is 13.1. The Morgan fingerprint density at radius 1 is 0.971 bits per heavy atom. The lowest BCUT2D eigenvalue weighted by molar-refractivity contribution is 0.205. The molecule has 0 aliphatic carbocycles. The number of carbonyl (C=O) groups excluding carboxylic acids is 1. The summed E-state index contributed by atoms with van der Waals surface area (Å²) in [5, 5.41) is 3.04. The Morgan fingerprint density at radius 3 is 2.37 bits per heavy atom. The molecule has 1 saturated heterocycles. The molecule has 2 aliphatic heterocycles. The number of fused-ring (bicyclic) bond motifs is 1. The molecule has 182 valence electrons. The summed E-state index contributed by atoms with van der Waals surface area (Å²) in [5.74, 6) is 2.46. The van der Waals surface area contributed by atoms with E-state index < -0.39 is 0 Å². The predicted octanol–water partition coefficient (Wildman–Crippen LogP) is 5.89. The van der Waals surface area contributed by atoms with Gasteiger partial charge in [0.2, 0.25) is 11.8 Å². The van der Waals surface area contributed by atoms with Gasteiger partial charge in [-0.1, -0.05) is 43.7 Å². The predicted molar refractivity (Wildman–Crippen MR) is 138 cm³/mol. The summed E-state index contributed by atoms with van der Waals surface area (Å²) >= 11 is 0. The summed E-state index contributed by atoms with van der Waals surface area (Å²) in [6, 6.07) is 15.9. The zero-order chi connectivity index (χ0) is 24.4. The number of aromatic nitrogens is 2. The van der Waals surface area contributed by atoms with Crippen molar-refractivity contribution in [3.8, 4) is 11.6 Å². The van der Waals surface area contributed by atoms with Crippen molar-refractivity contribution in [2.75, 3.05) is 29.9 Å². The summed E-state index contributed by atoms with van der Waals surface area (Å²) < 4.78 is 6.28. The van der Waals surface area contributed by atoms with Crippen LogP contribution in [0.1, 0.15) is 55.0 Å². The molecular formula is C28H33N5O2. The lowest BCUT2D eigenvalue weighted by Gasteiger charge is -2.30. The molecule has 0 atom stereocenters. The molecule has 7 heteroatoms. The summed E-state index contributed by atoms with van der Waals surface area (Å²) in [5.41, 5.74) is 5.06. The van der Waals surface area contributed by atoms with Crippen LogP contribution in [0.3, 0.4) is 0 Å². The van der Waals surface area contributed by atoms with Crippen molar-refractivity contribution in [1.82, 2.24) is 14.9 Å². The number of ether oxygens (including phenoxy) is 1. The fraction of sp³-hybridized carbons (Fsp3) is 0.393. The van der Waals surface area contributed by atoms with E-state index in [2.05, 4.69) is 43.1 Å². The minimum Gasteiger partial charge on any atom is -0.438 e. The Labute approximate surface area is 207 Å². The Hall–Kier alpha value is -3.61. The van der Waals surface area contributed by atoms with Crippen molar-refractivity contribution < 1.29 is 9.53 Å². The number of nitrogens with zero attached hydrogens (tertiary/aromatic N) is 4. The van der Waals surface area contributed by atoms with Crippen LogP contribution in [0.2, 0.25) is 0 Å². The lowest BCUT2D eigenvalue weighted by atomic mass is 10.0. The van der Waals surface area contributed by atoms with Gasteiger partial charge in [0.05, 0.1) is 17.8 Å². The third-order valence-corrected chi connectivity index (χ3v) is 6.75. The smallest absolute Gasteiger partial charge is 0.322 e. The summed E-state index contributed by atoms with van der Waals surface area (Å²) in [4.78, 5) is 26.8. The Balaban J connectivity index is 1.38. The third-order valence-electron chi connectivity index (χ3n) is 6.75. The second kappa shape index (κ2) is 9.94. The van der Waals surface area contributed by atoms with E-state index >= 15 is 0 Å². The van der Waals surface area contributed by atoms with Crippen LogP contribution in [0.25, 0.3) is 0 Å². The molecular weight excluding hydrogens is 438 g/mol. The van der Waals surface area contributed by atoms with Gasteiger partial charge < -0.3 is 19.9 Å². The van der Waals surface area contributed by atoms with E-state index in [0.29, 0.717) is 31.3 Å². The van der Waals surface area contributed by atoms with Gasteiger partial charge in [-0.25, -0.2) is 9.78 Å². The zero-order valence-electron chi connectivity index (χ0n) is 20.8. The Kier molecular flexibility index (Phi) is 6.57. The Morgan fingerprint density at radius 2 is 1.69 bits per heavy atom. The van der Waals surface area contributed by atoms with E-state index in [0.717, 1.165) is 54.6 Å². The first kappa shape index (κ1) is 23.1. The van der Waals surface area contributed by atoms with Gasteiger partial charge in [0.1, 0.15) is 5.75 Å². The minimum absolute atomic E-state index is 0.127. The summed E-state index contributed by atoms with van der Waals surface area (Å²) in [6.45, 7) is 9.31. The van der Waals surface area contributed by atoms with Gasteiger partial charge in [0.25, 0.3) is 0 Å². The number of hydrogen-bond donors (Lipinski definition) is 1. The van der Waals surface area contributed by atoms with E-state index in [-0.39, 0.29) is 6.03 Å². The van der Waals surface area contributed by atoms with Crippen molar-refractivity contribution in [2.45, 2.75) is 52.5 Å². The minimum atomic E-state index is -0.127. The quantitative estimate of drug-likeness (QED) is 0.502. The van der Waals surface area contributed by atoms with Crippen LogP contribution in [-0.4, -0.2) is 40.5 Å². The van der Waals surface area contributed by atoms with E-state index in [9.17, 15) is 4.79 Å². The topological polar surface area (TPSA) is 70.6 Å². The number of nitrogens with one attached hydrogen (secondary N) is 1. The molecule has 1 fully saturated rings. The fourth-order valence-corrected chi connectivity index (χ4v) is 4.56. The molecule has 2 aliphatic rings. The van der Waals surface area contributed by atoms with Gasteiger partial charge in [-0.2, -0.15) is 4.98 Å². The van der Waals surface area contributed by atoms with Crippen molar-refractivity contribution in [1.29, 1.82) is 0 Å². The summed E-state index contributed by atoms with van der Waals surface area (Å²) in [7, 11) is 0. The van der Waals surface area contributed by atoms with E-state index in [1.807, 2.05) is 36.4 Å². The highest BCUT2D eigenvalue weighted by atomic mass is 16.5.